The highest BCUT2D eigenvalue weighted by Crippen LogP contribution is 2.23. The van der Waals surface area contributed by atoms with Gasteiger partial charge in [0.25, 0.3) is 5.91 Å². The predicted molar refractivity (Wildman–Crippen MR) is 89.6 cm³/mol. The molecule has 7 heteroatoms. The van der Waals surface area contributed by atoms with Crippen molar-refractivity contribution in [3.05, 3.63) is 57.6 Å². The molecule has 0 unspecified atom stereocenters. The van der Waals surface area contributed by atoms with Gasteiger partial charge in [-0.3, -0.25) is 9.59 Å². The van der Waals surface area contributed by atoms with Crippen molar-refractivity contribution in [1.82, 2.24) is 10.3 Å². The van der Waals surface area contributed by atoms with Gasteiger partial charge in [-0.25, -0.2) is 4.39 Å². The lowest BCUT2D eigenvalue weighted by Gasteiger charge is -2.22. The number of carbonyl (C=O) groups excluding carboxylic acids is 2. The number of aromatic nitrogens is 1. The third-order valence-corrected chi connectivity index (χ3v) is 4.60. The minimum absolute atomic E-state index is 0.0483. The van der Waals surface area contributed by atoms with E-state index in [9.17, 15) is 14.0 Å². The Balaban J connectivity index is 1.75. The van der Waals surface area contributed by atoms with Crippen molar-refractivity contribution in [3.8, 4) is 0 Å². The zero-order valence-corrected chi connectivity index (χ0v) is 14.4. The molecule has 2 N–H and O–H groups in total. The SMILES string of the molecule is O=C(NC1CCOCC1)c1cc(C(=O)c2c(F)cccc2Br)c[nH]1. The molecule has 0 atom stereocenters. The molecule has 3 rings (SSSR count). The minimum Gasteiger partial charge on any atom is -0.381 e. The molecule has 1 aromatic heterocycles. The second kappa shape index (κ2) is 7.27. The molecule has 1 saturated heterocycles. The van der Waals surface area contributed by atoms with E-state index in [4.69, 9.17) is 4.74 Å². The fraction of sp³-hybridized carbons (Fsp3) is 0.294. The number of nitrogens with one attached hydrogen (secondary N) is 2. The van der Waals surface area contributed by atoms with Gasteiger partial charge in [0.15, 0.2) is 5.78 Å². The Hall–Kier alpha value is -1.99. The van der Waals surface area contributed by atoms with Gasteiger partial charge in [0.05, 0.1) is 5.56 Å². The van der Waals surface area contributed by atoms with Gasteiger partial charge in [0, 0.05) is 35.5 Å². The first-order valence-corrected chi connectivity index (χ1v) is 8.41. The molecule has 1 aliphatic heterocycles. The number of H-pyrrole nitrogens is 1. The molecule has 1 aromatic carbocycles. The van der Waals surface area contributed by atoms with E-state index in [2.05, 4.69) is 26.2 Å². The van der Waals surface area contributed by atoms with Crippen LogP contribution >= 0.6 is 15.9 Å². The average Bonchev–Trinajstić information content (AvgIpc) is 3.05. The monoisotopic (exact) mass is 394 g/mol. The number of ether oxygens (including phenoxy) is 1. The van der Waals surface area contributed by atoms with E-state index < -0.39 is 11.6 Å². The van der Waals surface area contributed by atoms with E-state index in [1.807, 2.05) is 0 Å². The Labute approximate surface area is 146 Å². The topological polar surface area (TPSA) is 71.2 Å². The molecular formula is C17H16BrFN2O3. The van der Waals surface area contributed by atoms with Crippen molar-refractivity contribution in [2.45, 2.75) is 18.9 Å². The van der Waals surface area contributed by atoms with Gasteiger partial charge in [-0.1, -0.05) is 6.07 Å². The Morgan fingerprint density at radius 1 is 1.29 bits per heavy atom. The maximum absolute atomic E-state index is 13.9. The fourth-order valence-corrected chi connectivity index (χ4v) is 3.14. The Kier molecular flexibility index (Phi) is 5.11. The maximum Gasteiger partial charge on any atom is 0.267 e. The number of halogens is 2. The molecule has 2 aromatic rings. The summed E-state index contributed by atoms with van der Waals surface area (Å²) in [6.45, 7) is 1.25. The van der Waals surface area contributed by atoms with Crippen molar-refractivity contribution in [3.63, 3.8) is 0 Å². The van der Waals surface area contributed by atoms with Crippen LogP contribution in [0.15, 0.2) is 34.9 Å². The van der Waals surface area contributed by atoms with Crippen LogP contribution in [0, 0.1) is 5.82 Å². The predicted octanol–water partition coefficient (Wildman–Crippen LogP) is 3.06. The number of ketones is 1. The molecule has 1 amide bonds. The summed E-state index contributed by atoms with van der Waals surface area (Å²) in [5.74, 6) is -1.38. The lowest BCUT2D eigenvalue weighted by atomic mass is 10.1. The molecule has 1 aliphatic rings. The minimum atomic E-state index is -0.608. The molecule has 126 valence electrons. The summed E-state index contributed by atoms with van der Waals surface area (Å²) >= 11 is 3.18. The van der Waals surface area contributed by atoms with Crippen molar-refractivity contribution < 1.29 is 18.7 Å². The third-order valence-electron chi connectivity index (χ3n) is 3.94. The third kappa shape index (κ3) is 3.57. The van der Waals surface area contributed by atoms with Crippen molar-refractivity contribution in [2.75, 3.05) is 13.2 Å². The van der Waals surface area contributed by atoms with E-state index in [0.29, 0.717) is 17.7 Å². The molecule has 1 fully saturated rings. The average molecular weight is 395 g/mol. The van der Waals surface area contributed by atoms with Gasteiger partial charge < -0.3 is 15.0 Å². The highest BCUT2D eigenvalue weighted by molar-refractivity contribution is 9.10. The summed E-state index contributed by atoms with van der Waals surface area (Å²) < 4.78 is 19.5. The molecule has 24 heavy (non-hydrogen) atoms. The standard InChI is InChI=1S/C17H16BrFN2O3/c18-12-2-1-3-13(19)15(12)16(22)10-8-14(20-9-10)17(23)21-11-4-6-24-7-5-11/h1-3,8-9,11,20H,4-7H2,(H,21,23). The number of rotatable bonds is 4. The van der Waals surface area contributed by atoms with Crippen molar-refractivity contribution in [1.29, 1.82) is 0 Å². The molecule has 2 heterocycles. The van der Waals surface area contributed by atoms with Crippen molar-refractivity contribution >= 4 is 27.6 Å². The van der Waals surface area contributed by atoms with Crippen LogP contribution < -0.4 is 5.32 Å². The first-order chi connectivity index (χ1) is 11.6. The van der Waals surface area contributed by atoms with Gasteiger partial charge in [0.2, 0.25) is 0 Å². The Morgan fingerprint density at radius 2 is 2.04 bits per heavy atom. The highest BCUT2D eigenvalue weighted by atomic mass is 79.9. The molecule has 0 spiro atoms. The van der Waals surface area contributed by atoms with E-state index in [1.165, 1.54) is 24.4 Å². The van der Waals surface area contributed by atoms with E-state index in [-0.39, 0.29) is 28.8 Å². The maximum atomic E-state index is 13.9. The number of benzene rings is 1. The summed E-state index contributed by atoms with van der Waals surface area (Å²) in [5.41, 5.74) is 0.461. The second-order valence-corrected chi connectivity index (χ2v) is 6.44. The Morgan fingerprint density at radius 3 is 2.75 bits per heavy atom. The summed E-state index contributed by atoms with van der Waals surface area (Å²) in [6.07, 6.45) is 2.95. The van der Waals surface area contributed by atoms with E-state index in [0.717, 1.165) is 12.8 Å². The van der Waals surface area contributed by atoms with Gasteiger partial charge in [-0.15, -0.1) is 0 Å². The summed E-state index contributed by atoms with van der Waals surface area (Å²) in [7, 11) is 0. The van der Waals surface area contributed by atoms with Crippen LogP contribution in [0.3, 0.4) is 0 Å². The van der Waals surface area contributed by atoms with Crippen LogP contribution in [-0.2, 0) is 4.74 Å². The van der Waals surface area contributed by atoms with Crippen molar-refractivity contribution in [2.24, 2.45) is 0 Å². The van der Waals surface area contributed by atoms with E-state index in [1.54, 1.807) is 6.07 Å². The van der Waals surface area contributed by atoms with Crippen LogP contribution in [-0.4, -0.2) is 35.9 Å². The number of aromatic amines is 1. The normalized spacial score (nSPS) is 15.2. The largest absolute Gasteiger partial charge is 0.381 e. The van der Waals surface area contributed by atoms with Crippen LogP contribution in [0.4, 0.5) is 4.39 Å². The van der Waals surface area contributed by atoms with Gasteiger partial charge in [-0.2, -0.15) is 0 Å². The van der Waals surface area contributed by atoms with Gasteiger partial charge in [-0.05, 0) is 47.0 Å². The van der Waals surface area contributed by atoms with E-state index >= 15 is 0 Å². The molecule has 0 bridgehead atoms. The summed E-state index contributed by atoms with van der Waals surface area (Å²) in [4.78, 5) is 27.5. The summed E-state index contributed by atoms with van der Waals surface area (Å²) in [5, 5.41) is 2.91. The first kappa shape index (κ1) is 16.9. The summed E-state index contributed by atoms with van der Waals surface area (Å²) in [6, 6.07) is 5.84. The van der Waals surface area contributed by atoms with Crippen LogP contribution in [0.25, 0.3) is 0 Å². The smallest absolute Gasteiger partial charge is 0.267 e. The first-order valence-electron chi connectivity index (χ1n) is 7.62. The Bertz CT molecular complexity index is 749. The number of amides is 1. The molecule has 0 radical (unpaired) electrons. The van der Waals surface area contributed by atoms with Gasteiger partial charge >= 0.3 is 0 Å². The van der Waals surface area contributed by atoms with Crippen LogP contribution in [0.2, 0.25) is 0 Å². The van der Waals surface area contributed by atoms with Gasteiger partial charge in [0.1, 0.15) is 11.5 Å². The second-order valence-electron chi connectivity index (χ2n) is 5.59. The zero-order valence-electron chi connectivity index (χ0n) is 12.8. The lowest BCUT2D eigenvalue weighted by molar-refractivity contribution is 0.0694. The molecule has 5 nitrogen and oxygen atoms in total. The number of hydrogen-bond acceptors (Lipinski definition) is 3. The molecular weight excluding hydrogens is 379 g/mol. The number of hydrogen-bond donors (Lipinski definition) is 2. The highest BCUT2D eigenvalue weighted by Gasteiger charge is 2.21. The van der Waals surface area contributed by atoms with Crippen LogP contribution in [0.1, 0.15) is 39.3 Å². The molecule has 0 saturated carbocycles. The number of carbonyl (C=O) groups is 2. The molecule has 0 aliphatic carbocycles. The lowest BCUT2D eigenvalue weighted by Crippen LogP contribution is -2.39. The zero-order chi connectivity index (χ0) is 17.1. The quantitative estimate of drug-likeness (QED) is 0.782. The fourth-order valence-electron chi connectivity index (χ4n) is 2.62. The van der Waals surface area contributed by atoms with Crippen LogP contribution in [0.5, 0.6) is 0 Å².